The minimum Gasteiger partial charge on any atom is -0.370 e. The number of rotatable bonds is 4. The molecule has 0 spiro atoms. The van der Waals surface area contributed by atoms with E-state index in [1.807, 2.05) is 6.92 Å². The average molecular weight is 295 g/mol. The third-order valence-corrected chi connectivity index (χ3v) is 2.73. The van der Waals surface area contributed by atoms with Crippen molar-refractivity contribution in [1.82, 2.24) is 9.97 Å². The van der Waals surface area contributed by atoms with E-state index < -0.39 is 11.7 Å². The lowest BCUT2D eigenvalue weighted by molar-refractivity contribution is 0.102. The highest BCUT2D eigenvalue weighted by Gasteiger charge is 2.13. The van der Waals surface area contributed by atoms with Crippen molar-refractivity contribution in [3.8, 4) is 0 Å². The number of anilines is 2. The van der Waals surface area contributed by atoms with Crippen molar-refractivity contribution in [3.63, 3.8) is 0 Å². The largest absolute Gasteiger partial charge is 0.370 e. The molecule has 2 rings (SSSR count). The summed E-state index contributed by atoms with van der Waals surface area (Å²) in [7, 11) is 0. The van der Waals surface area contributed by atoms with Crippen LogP contribution in [-0.4, -0.2) is 22.4 Å². The zero-order valence-corrected chi connectivity index (χ0v) is 11.4. The topological polar surface area (TPSA) is 66.9 Å². The molecule has 20 heavy (non-hydrogen) atoms. The highest BCUT2D eigenvalue weighted by atomic mass is 35.5. The Kier molecular flexibility index (Phi) is 4.47. The van der Waals surface area contributed by atoms with Crippen LogP contribution in [0.1, 0.15) is 17.3 Å². The van der Waals surface area contributed by atoms with Crippen molar-refractivity contribution in [2.75, 3.05) is 17.2 Å². The molecule has 0 aliphatic rings. The number of nitrogens with zero attached hydrogens (tertiary/aromatic N) is 2. The maximum Gasteiger partial charge on any atom is 0.258 e. The van der Waals surface area contributed by atoms with Crippen molar-refractivity contribution in [2.24, 2.45) is 0 Å². The Hall–Kier alpha value is -2.21. The lowest BCUT2D eigenvalue weighted by Gasteiger charge is -2.08. The smallest absolute Gasteiger partial charge is 0.258 e. The summed E-state index contributed by atoms with van der Waals surface area (Å²) in [6, 6.07) is 4.12. The van der Waals surface area contributed by atoms with E-state index in [0.717, 1.165) is 6.20 Å². The average Bonchev–Trinajstić information content (AvgIpc) is 2.43. The summed E-state index contributed by atoms with van der Waals surface area (Å²) in [5.41, 5.74) is 0.267. The third kappa shape index (κ3) is 3.42. The minimum absolute atomic E-state index is 0.228. The Bertz CT molecular complexity index is 618. The number of nitrogens with one attached hydrogen (secondary N) is 2. The molecule has 2 N–H and O–H groups in total. The van der Waals surface area contributed by atoms with Crippen LogP contribution in [0.15, 0.2) is 30.6 Å². The first-order valence-electron chi connectivity index (χ1n) is 5.92. The fourth-order valence-electron chi connectivity index (χ4n) is 1.52. The Morgan fingerprint density at radius 2 is 2.05 bits per heavy atom. The molecule has 0 aliphatic heterocycles. The number of halogens is 2. The van der Waals surface area contributed by atoms with Crippen LogP contribution in [-0.2, 0) is 0 Å². The van der Waals surface area contributed by atoms with Gasteiger partial charge < -0.3 is 10.6 Å². The lowest BCUT2D eigenvalue weighted by Crippen LogP contribution is -2.14. The van der Waals surface area contributed by atoms with Crippen LogP contribution in [0.2, 0.25) is 5.02 Å². The molecule has 0 unspecified atom stereocenters. The molecule has 2 aromatic rings. The zero-order valence-electron chi connectivity index (χ0n) is 10.7. The van der Waals surface area contributed by atoms with Gasteiger partial charge in [-0.05, 0) is 25.1 Å². The van der Waals surface area contributed by atoms with Crippen molar-refractivity contribution in [2.45, 2.75) is 6.92 Å². The number of pyridine rings is 2. The van der Waals surface area contributed by atoms with Gasteiger partial charge in [-0.25, -0.2) is 14.4 Å². The third-order valence-electron chi connectivity index (χ3n) is 2.43. The molecule has 1 amide bonds. The summed E-state index contributed by atoms with van der Waals surface area (Å²) < 4.78 is 12.7. The van der Waals surface area contributed by atoms with Crippen LogP contribution >= 0.6 is 11.6 Å². The summed E-state index contributed by atoms with van der Waals surface area (Å²) in [4.78, 5) is 19.9. The first-order valence-corrected chi connectivity index (χ1v) is 6.30. The first kappa shape index (κ1) is 14.2. The molecular formula is C13H12ClFN4O. The lowest BCUT2D eigenvalue weighted by atomic mass is 10.2. The molecule has 2 heterocycles. The van der Waals surface area contributed by atoms with Gasteiger partial charge in [-0.15, -0.1) is 0 Å². The monoisotopic (exact) mass is 294 g/mol. The molecule has 0 bridgehead atoms. The fourth-order valence-corrected chi connectivity index (χ4v) is 1.71. The van der Waals surface area contributed by atoms with E-state index in [2.05, 4.69) is 20.6 Å². The Balaban J connectivity index is 2.19. The molecule has 0 fully saturated rings. The van der Waals surface area contributed by atoms with E-state index in [4.69, 9.17) is 11.6 Å². The van der Waals surface area contributed by atoms with Gasteiger partial charge in [0.25, 0.3) is 5.91 Å². The summed E-state index contributed by atoms with van der Waals surface area (Å²) in [5, 5.41) is 5.75. The van der Waals surface area contributed by atoms with Gasteiger partial charge in [0.05, 0.1) is 16.8 Å². The predicted molar refractivity (Wildman–Crippen MR) is 75.6 cm³/mol. The van der Waals surface area contributed by atoms with Gasteiger partial charge in [-0.1, -0.05) is 11.6 Å². The van der Waals surface area contributed by atoms with Gasteiger partial charge in [-0.2, -0.15) is 0 Å². The molecule has 5 nitrogen and oxygen atoms in total. The van der Waals surface area contributed by atoms with Crippen LogP contribution in [0, 0.1) is 5.82 Å². The molecule has 0 aromatic carbocycles. The van der Waals surface area contributed by atoms with Crippen molar-refractivity contribution >= 4 is 29.1 Å². The van der Waals surface area contributed by atoms with Gasteiger partial charge in [0, 0.05) is 12.7 Å². The van der Waals surface area contributed by atoms with E-state index in [-0.39, 0.29) is 16.4 Å². The van der Waals surface area contributed by atoms with Crippen LogP contribution in [0.5, 0.6) is 0 Å². The van der Waals surface area contributed by atoms with Crippen molar-refractivity contribution in [1.29, 1.82) is 0 Å². The summed E-state index contributed by atoms with van der Waals surface area (Å²) in [6.45, 7) is 2.59. The number of hydrogen-bond acceptors (Lipinski definition) is 4. The van der Waals surface area contributed by atoms with Gasteiger partial charge >= 0.3 is 0 Å². The van der Waals surface area contributed by atoms with Crippen molar-refractivity contribution < 1.29 is 9.18 Å². The molecule has 0 saturated heterocycles. The number of carbonyl (C=O) groups is 1. The molecule has 0 aliphatic carbocycles. The van der Waals surface area contributed by atoms with Crippen molar-refractivity contribution in [3.05, 3.63) is 47.0 Å². The first-order chi connectivity index (χ1) is 9.60. The number of carbonyl (C=O) groups excluding carboxylic acids is 1. The molecule has 0 saturated carbocycles. The SMILES string of the molecule is CCNc1cc(C(=O)Nc2ccc(F)cn2)c(Cl)cn1. The summed E-state index contributed by atoms with van der Waals surface area (Å²) in [5.74, 6) is -0.113. The number of hydrogen-bond donors (Lipinski definition) is 2. The number of aromatic nitrogens is 2. The summed E-state index contributed by atoms with van der Waals surface area (Å²) >= 11 is 5.95. The quantitative estimate of drug-likeness (QED) is 0.910. The summed E-state index contributed by atoms with van der Waals surface area (Å²) in [6.07, 6.45) is 2.42. The Morgan fingerprint density at radius 1 is 1.30 bits per heavy atom. The molecule has 7 heteroatoms. The maximum absolute atomic E-state index is 12.7. The zero-order chi connectivity index (χ0) is 14.5. The molecule has 104 valence electrons. The molecular weight excluding hydrogens is 283 g/mol. The van der Waals surface area contributed by atoms with E-state index in [9.17, 15) is 9.18 Å². The van der Waals surface area contributed by atoms with Crippen LogP contribution < -0.4 is 10.6 Å². The highest BCUT2D eigenvalue weighted by molar-refractivity contribution is 6.34. The van der Waals surface area contributed by atoms with Gasteiger partial charge in [0.2, 0.25) is 0 Å². The van der Waals surface area contributed by atoms with Gasteiger partial charge in [-0.3, -0.25) is 4.79 Å². The number of amides is 1. The van der Waals surface area contributed by atoms with Crippen LogP contribution in [0.25, 0.3) is 0 Å². The second-order valence-electron chi connectivity index (χ2n) is 3.90. The fraction of sp³-hybridized carbons (Fsp3) is 0.154. The Morgan fingerprint density at radius 3 is 2.70 bits per heavy atom. The Labute approximate surface area is 120 Å². The minimum atomic E-state index is -0.473. The predicted octanol–water partition coefficient (Wildman–Crippen LogP) is 2.95. The van der Waals surface area contributed by atoms with E-state index in [1.165, 1.54) is 18.3 Å². The second-order valence-corrected chi connectivity index (χ2v) is 4.30. The molecule has 0 radical (unpaired) electrons. The van der Waals surface area contributed by atoms with E-state index in [0.29, 0.717) is 12.4 Å². The van der Waals surface area contributed by atoms with E-state index >= 15 is 0 Å². The molecule has 0 atom stereocenters. The van der Waals surface area contributed by atoms with Crippen LogP contribution in [0.3, 0.4) is 0 Å². The van der Waals surface area contributed by atoms with Crippen LogP contribution in [0.4, 0.5) is 16.0 Å². The van der Waals surface area contributed by atoms with Gasteiger partial charge in [0.15, 0.2) is 0 Å². The maximum atomic E-state index is 12.7. The standard InChI is InChI=1S/C13H12ClFN4O/c1-2-16-12-5-9(10(14)7-18-12)13(20)19-11-4-3-8(15)6-17-11/h3-7H,2H2,1H3,(H,16,18)(H,17,19,20). The normalized spacial score (nSPS) is 10.2. The molecule has 2 aromatic heterocycles. The van der Waals surface area contributed by atoms with Gasteiger partial charge in [0.1, 0.15) is 17.5 Å². The highest BCUT2D eigenvalue weighted by Crippen LogP contribution is 2.19. The van der Waals surface area contributed by atoms with E-state index in [1.54, 1.807) is 6.07 Å². The second kappa shape index (κ2) is 6.29.